The van der Waals surface area contributed by atoms with Crippen molar-refractivity contribution in [3.8, 4) is 0 Å². The molecule has 94 valence electrons. The van der Waals surface area contributed by atoms with Gasteiger partial charge in [-0.25, -0.2) is 4.98 Å². The van der Waals surface area contributed by atoms with Crippen LogP contribution in [0.4, 0.5) is 5.95 Å². The predicted molar refractivity (Wildman–Crippen MR) is 70.0 cm³/mol. The zero-order valence-electron chi connectivity index (χ0n) is 10.3. The van der Waals surface area contributed by atoms with Gasteiger partial charge in [0.2, 0.25) is 11.9 Å². The molecule has 18 heavy (non-hydrogen) atoms. The summed E-state index contributed by atoms with van der Waals surface area (Å²) in [7, 11) is 0. The number of aryl methyl sites for hydroxylation is 1. The summed E-state index contributed by atoms with van der Waals surface area (Å²) in [5, 5.41) is 2.96. The first-order valence-electron chi connectivity index (χ1n) is 6.15. The van der Waals surface area contributed by atoms with E-state index >= 15 is 0 Å². The molecule has 3 rings (SSSR count). The minimum absolute atomic E-state index is 0.00464. The third-order valence-corrected chi connectivity index (χ3v) is 3.18. The minimum Gasteiger partial charge on any atom is -0.369 e. The first-order chi connectivity index (χ1) is 8.63. The molecule has 5 nitrogen and oxygen atoms in total. The number of nitrogens with one attached hydrogen (secondary N) is 1. The van der Waals surface area contributed by atoms with Gasteiger partial charge in [0.1, 0.15) is 6.54 Å². The Morgan fingerprint density at radius 2 is 2.33 bits per heavy atom. The first kappa shape index (κ1) is 11.1. The van der Waals surface area contributed by atoms with Gasteiger partial charge in [-0.2, -0.15) is 0 Å². The Morgan fingerprint density at radius 1 is 1.56 bits per heavy atom. The Hall–Kier alpha value is -2.04. The number of carbonyl (C=O) groups is 1. The summed E-state index contributed by atoms with van der Waals surface area (Å²) in [4.78, 5) is 16.1. The fraction of sp³-hybridized carbons (Fsp3) is 0.385. The van der Waals surface area contributed by atoms with Crippen LogP contribution in [0.3, 0.4) is 0 Å². The molecule has 5 heteroatoms. The highest BCUT2D eigenvalue weighted by Gasteiger charge is 2.23. The topological polar surface area (TPSA) is 72.9 Å². The molecule has 0 atom stereocenters. The van der Waals surface area contributed by atoms with Crippen molar-refractivity contribution in [2.75, 3.05) is 5.73 Å². The highest BCUT2D eigenvalue weighted by atomic mass is 16.2. The summed E-state index contributed by atoms with van der Waals surface area (Å²) in [5.74, 6) is 0.395. The zero-order chi connectivity index (χ0) is 12.7. The molecule has 0 spiro atoms. The van der Waals surface area contributed by atoms with Crippen LogP contribution in [0, 0.1) is 6.92 Å². The molecular weight excluding hydrogens is 228 g/mol. The summed E-state index contributed by atoms with van der Waals surface area (Å²) in [6.07, 6.45) is 2.18. The van der Waals surface area contributed by atoms with Crippen molar-refractivity contribution in [3.05, 3.63) is 23.8 Å². The number of rotatable bonds is 3. The Balaban J connectivity index is 1.91. The van der Waals surface area contributed by atoms with Crippen LogP contribution >= 0.6 is 0 Å². The lowest BCUT2D eigenvalue weighted by Gasteiger charge is -2.07. The van der Waals surface area contributed by atoms with Crippen molar-refractivity contribution in [1.82, 2.24) is 14.9 Å². The molecule has 1 amide bonds. The van der Waals surface area contributed by atoms with Crippen LogP contribution in [0.5, 0.6) is 0 Å². The van der Waals surface area contributed by atoms with Gasteiger partial charge in [0.05, 0.1) is 11.0 Å². The normalized spacial score (nSPS) is 14.9. The van der Waals surface area contributed by atoms with E-state index in [1.807, 2.05) is 25.1 Å². The third kappa shape index (κ3) is 2.03. The summed E-state index contributed by atoms with van der Waals surface area (Å²) in [6, 6.07) is 6.29. The van der Waals surface area contributed by atoms with Crippen LogP contribution in [-0.4, -0.2) is 21.5 Å². The van der Waals surface area contributed by atoms with Crippen LogP contribution in [0.1, 0.15) is 18.4 Å². The van der Waals surface area contributed by atoms with E-state index in [4.69, 9.17) is 5.73 Å². The molecule has 1 aromatic carbocycles. The van der Waals surface area contributed by atoms with Crippen LogP contribution < -0.4 is 11.1 Å². The lowest BCUT2D eigenvalue weighted by molar-refractivity contribution is -0.121. The number of hydrogen-bond acceptors (Lipinski definition) is 3. The van der Waals surface area contributed by atoms with Gasteiger partial charge in [-0.3, -0.25) is 4.79 Å². The number of nitrogen functional groups attached to an aromatic ring is 1. The molecule has 0 bridgehead atoms. The number of aromatic nitrogens is 2. The van der Waals surface area contributed by atoms with Crippen molar-refractivity contribution in [3.63, 3.8) is 0 Å². The fourth-order valence-electron chi connectivity index (χ4n) is 2.06. The highest BCUT2D eigenvalue weighted by molar-refractivity contribution is 5.83. The van der Waals surface area contributed by atoms with E-state index in [2.05, 4.69) is 10.3 Å². The molecule has 2 aromatic rings. The average Bonchev–Trinajstić information content (AvgIpc) is 3.07. The zero-order valence-corrected chi connectivity index (χ0v) is 10.3. The van der Waals surface area contributed by atoms with E-state index in [9.17, 15) is 4.79 Å². The largest absolute Gasteiger partial charge is 0.369 e. The maximum atomic E-state index is 11.8. The SMILES string of the molecule is Cc1ccc2nc(N)n(CC(=O)NC3CC3)c2c1. The van der Waals surface area contributed by atoms with E-state index < -0.39 is 0 Å². The van der Waals surface area contributed by atoms with Crippen molar-refractivity contribution in [2.45, 2.75) is 32.4 Å². The lowest BCUT2D eigenvalue weighted by atomic mass is 10.2. The molecule has 0 unspecified atom stereocenters. The highest BCUT2D eigenvalue weighted by Crippen LogP contribution is 2.21. The Kier molecular flexibility index (Phi) is 2.47. The predicted octanol–water partition coefficient (Wildman–Crippen LogP) is 1.21. The first-order valence-corrected chi connectivity index (χ1v) is 6.15. The number of carbonyl (C=O) groups excluding carboxylic acids is 1. The van der Waals surface area contributed by atoms with E-state index in [0.717, 1.165) is 29.4 Å². The van der Waals surface area contributed by atoms with Gasteiger partial charge in [-0.05, 0) is 37.5 Å². The van der Waals surface area contributed by atoms with Gasteiger partial charge in [0, 0.05) is 6.04 Å². The molecule has 0 saturated heterocycles. The Labute approximate surface area is 105 Å². The molecule has 1 aliphatic rings. The third-order valence-electron chi connectivity index (χ3n) is 3.18. The van der Waals surface area contributed by atoms with Crippen molar-refractivity contribution in [1.29, 1.82) is 0 Å². The molecule has 1 aromatic heterocycles. The number of hydrogen-bond donors (Lipinski definition) is 2. The number of nitrogens with zero attached hydrogens (tertiary/aromatic N) is 2. The Morgan fingerprint density at radius 3 is 3.06 bits per heavy atom. The standard InChI is InChI=1S/C13H16N4O/c1-8-2-5-10-11(6-8)17(13(14)16-10)7-12(18)15-9-3-4-9/h2,5-6,9H,3-4,7H2,1H3,(H2,14,16)(H,15,18). The number of anilines is 1. The van der Waals surface area contributed by atoms with Crippen molar-refractivity contribution < 1.29 is 4.79 Å². The fourth-order valence-corrected chi connectivity index (χ4v) is 2.06. The maximum absolute atomic E-state index is 11.8. The average molecular weight is 244 g/mol. The van der Waals surface area contributed by atoms with E-state index in [1.165, 1.54) is 0 Å². The van der Waals surface area contributed by atoms with Gasteiger partial charge in [-0.1, -0.05) is 6.07 Å². The van der Waals surface area contributed by atoms with Crippen LogP contribution in [-0.2, 0) is 11.3 Å². The minimum atomic E-state index is 0.00464. The van der Waals surface area contributed by atoms with E-state index in [-0.39, 0.29) is 12.5 Å². The number of benzene rings is 1. The smallest absolute Gasteiger partial charge is 0.240 e. The van der Waals surface area contributed by atoms with Crippen LogP contribution in [0.2, 0.25) is 0 Å². The second kappa shape index (κ2) is 4.01. The number of imidazole rings is 1. The van der Waals surface area contributed by atoms with Crippen LogP contribution in [0.25, 0.3) is 11.0 Å². The summed E-state index contributed by atoms with van der Waals surface area (Å²) < 4.78 is 1.76. The van der Waals surface area contributed by atoms with Gasteiger partial charge >= 0.3 is 0 Å². The molecule has 0 aliphatic heterocycles. The summed E-state index contributed by atoms with van der Waals surface area (Å²) in [6.45, 7) is 2.25. The summed E-state index contributed by atoms with van der Waals surface area (Å²) >= 11 is 0. The molecule has 1 fully saturated rings. The van der Waals surface area contributed by atoms with Crippen molar-refractivity contribution in [2.24, 2.45) is 0 Å². The number of nitrogens with two attached hydrogens (primary N) is 1. The molecule has 0 radical (unpaired) electrons. The molecule has 1 aliphatic carbocycles. The van der Waals surface area contributed by atoms with Gasteiger partial charge < -0.3 is 15.6 Å². The number of fused-ring (bicyclic) bond motifs is 1. The monoisotopic (exact) mass is 244 g/mol. The summed E-state index contributed by atoms with van der Waals surface area (Å²) in [5.41, 5.74) is 8.75. The molecule has 1 heterocycles. The molecule has 1 saturated carbocycles. The molecular formula is C13H16N4O. The second-order valence-electron chi connectivity index (χ2n) is 4.89. The van der Waals surface area contributed by atoms with Crippen molar-refractivity contribution >= 4 is 22.9 Å². The van der Waals surface area contributed by atoms with Gasteiger partial charge in [0.25, 0.3) is 0 Å². The maximum Gasteiger partial charge on any atom is 0.240 e. The van der Waals surface area contributed by atoms with E-state index in [1.54, 1.807) is 4.57 Å². The number of amides is 1. The van der Waals surface area contributed by atoms with Crippen LogP contribution in [0.15, 0.2) is 18.2 Å². The lowest BCUT2D eigenvalue weighted by Crippen LogP contribution is -2.29. The Bertz CT molecular complexity index is 613. The quantitative estimate of drug-likeness (QED) is 0.852. The van der Waals surface area contributed by atoms with E-state index in [0.29, 0.717) is 12.0 Å². The molecule has 3 N–H and O–H groups in total. The second-order valence-corrected chi connectivity index (χ2v) is 4.89. The van der Waals surface area contributed by atoms with Gasteiger partial charge in [-0.15, -0.1) is 0 Å². The van der Waals surface area contributed by atoms with Gasteiger partial charge in [0.15, 0.2) is 0 Å².